The molecule has 1 radical (unpaired) electrons. The zero-order valence-corrected chi connectivity index (χ0v) is 7.99. The van der Waals surface area contributed by atoms with Gasteiger partial charge in [-0.3, -0.25) is 0 Å². The van der Waals surface area contributed by atoms with Crippen molar-refractivity contribution in [3.63, 3.8) is 0 Å². The molecule has 0 spiro atoms. The van der Waals surface area contributed by atoms with E-state index in [4.69, 9.17) is 4.43 Å². The van der Waals surface area contributed by atoms with Crippen molar-refractivity contribution >= 4 is 25.0 Å². The highest BCUT2D eigenvalue weighted by Crippen LogP contribution is 1.90. The summed E-state index contributed by atoms with van der Waals surface area (Å²) in [6, 6.07) is 0. The maximum Gasteiger partial charge on any atom is 0.204 e. The molecule has 0 atom stereocenters. The molecule has 1 nitrogen and oxygen atoms in total. The molecular formula is C5H12BrOSi. The number of rotatable bonds is 4. The summed E-state index contributed by atoms with van der Waals surface area (Å²) in [4.78, 5) is 0. The van der Waals surface area contributed by atoms with Crippen LogP contribution in [0.4, 0.5) is 0 Å². The Morgan fingerprint density at radius 2 is 2.12 bits per heavy atom. The lowest BCUT2D eigenvalue weighted by Crippen LogP contribution is -2.08. The van der Waals surface area contributed by atoms with E-state index in [9.17, 15) is 0 Å². The fourth-order valence-electron chi connectivity index (χ4n) is 0.331. The summed E-state index contributed by atoms with van der Waals surface area (Å²) in [7, 11) is -0.428. The maximum absolute atomic E-state index is 5.35. The van der Waals surface area contributed by atoms with E-state index in [-0.39, 0.29) is 0 Å². The SMILES string of the molecule is C[Si](C)OCCCBr. The molecule has 8 heavy (non-hydrogen) atoms. The van der Waals surface area contributed by atoms with Gasteiger partial charge in [-0.1, -0.05) is 15.9 Å². The first-order valence-corrected chi connectivity index (χ1v) is 6.29. The standard InChI is InChI=1S/C5H12BrOSi/c1-8(2)7-5-3-4-6/h3-5H2,1-2H3. The Morgan fingerprint density at radius 3 is 2.50 bits per heavy atom. The molecular weight excluding hydrogens is 184 g/mol. The van der Waals surface area contributed by atoms with Crippen molar-refractivity contribution < 1.29 is 4.43 Å². The molecule has 49 valence electrons. The van der Waals surface area contributed by atoms with E-state index in [0.717, 1.165) is 18.4 Å². The van der Waals surface area contributed by atoms with Crippen molar-refractivity contribution in [2.24, 2.45) is 0 Å². The third-order valence-electron chi connectivity index (χ3n) is 0.669. The average molecular weight is 196 g/mol. The van der Waals surface area contributed by atoms with Gasteiger partial charge in [0.2, 0.25) is 9.04 Å². The third-order valence-corrected chi connectivity index (χ3v) is 2.01. The molecule has 0 saturated carbocycles. The van der Waals surface area contributed by atoms with Crippen molar-refractivity contribution in [3.8, 4) is 0 Å². The Bertz CT molecular complexity index is 49.7. The third kappa shape index (κ3) is 6.66. The van der Waals surface area contributed by atoms with E-state index in [1.54, 1.807) is 0 Å². The van der Waals surface area contributed by atoms with E-state index in [1.165, 1.54) is 0 Å². The highest BCUT2D eigenvalue weighted by Gasteiger charge is 1.93. The smallest absolute Gasteiger partial charge is 0.204 e. The van der Waals surface area contributed by atoms with E-state index >= 15 is 0 Å². The molecule has 0 aromatic rings. The Hall–Kier alpha value is 0.657. The van der Waals surface area contributed by atoms with Gasteiger partial charge in [0.15, 0.2) is 0 Å². The first-order chi connectivity index (χ1) is 3.77. The van der Waals surface area contributed by atoms with E-state index < -0.39 is 9.04 Å². The monoisotopic (exact) mass is 195 g/mol. The summed E-state index contributed by atoms with van der Waals surface area (Å²) >= 11 is 3.33. The molecule has 0 amide bonds. The van der Waals surface area contributed by atoms with Crippen LogP contribution in [0.15, 0.2) is 0 Å². The summed E-state index contributed by atoms with van der Waals surface area (Å²) in [5, 5.41) is 1.06. The largest absolute Gasteiger partial charge is 0.417 e. The van der Waals surface area contributed by atoms with Crippen molar-refractivity contribution in [1.29, 1.82) is 0 Å². The van der Waals surface area contributed by atoms with Gasteiger partial charge in [0.05, 0.1) is 0 Å². The van der Waals surface area contributed by atoms with Gasteiger partial charge in [-0.25, -0.2) is 0 Å². The van der Waals surface area contributed by atoms with Gasteiger partial charge in [-0.05, 0) is 19.5 Å². The summed E-state index contributed by atoms with van der Waals surface area (Å²) in [6.07, 6.45) is 1.13. The predicted molar refractivity (Wildman–Crippen MR) is 41.8 cm³/mol. The van der Waals surface area contributed by atoms with Crippen LogP contribution in [0.1, 0.15) is 6.42 Å². The van der Waals surface area contributed by atoms with Crippen LogP contribution in [-0.4, -0.2) is 21.0 Å². The normalized spacial score (nSPS) is 10.5. The molecule has 0 unspecified atom stereocenters. The Morgan fingerprint density at radius 1 is 1.50 bits per heavy atom. The van der Waals surface area contributed by atoms with Crippen LogP contribution in [-0.2, 0) is 4.43 Å². The van der Waals surface area contributed by atoms with Gasteiger partial charge in [-0.15, -0.1) is 0 Å². The van der Waals surface area contributed by atoms with Gasteiger partial charge in [0, 0.05) is 11.9 Å². The Labute approximate surface area is 61.3 Å². The second-order valence-corrected chi connectivity index (χ2v) is 4.70. The number of alkyl halides is 1. The molecule has 0 aromatic heterocycles. The van der Waals surface area contributed by atoms with Crippen molar-refractivity contribution in [2.45, 2.75) is 19.5 Å². The fraction of sp³-hybridized carbons (Fsp3) is 1.00. The summed E-state index contributed by atoms with van der Waals surface area (Å²) in [5.74, 6) is 0. The molecule has 0 saturated heterocycles. The molecule has 0 heterocycles. The van der Waals surface area contributed by atoms with Gasteiger partial charge in [0.1, 0.15) is 0 Å². The molecule has 0 aromatic carbocycles. The fourth-order valence-corrected chi connectivity index (χ4v) is 1.11. The molecule has 0 aliphatic heterocycles. The quantitative estimate of drug-likeness (QED) is 0.380. The summed E-state index contributed by atoms with van der Waals surface area (Å²) < 4.78 is 5.35. The topological polar surface area (TPSA) is 9.23 Å². The van der Waals surface area contributed by atoms with Gasteiger partial charge in [-0.2, -0.15) is 0 Å². The molecule has 0 rings (SSSR count). The minimum atomic E-state index is -0.428. The highest BCUT2D eigenvalue weighted by molar-refractivity contribution is 9.09. The maximum atomic E-state index is 5.35. The van der Waals surface area contributed by atoms with Gasteiger partial charge in [0.25, 0.3) is 0 Å². The minimum absolute atomic E-state index is 0.428. The first kappa shape index (κ1) is 8.66. The van der Waals surface area contributed by atoms with E-state index in [1.807, 2.05) is 0 Å². The van der Waals surface area contributed by atoms with E-state index in [0.29, 0.717) is 0 Å². The zero-order chi connectivity index (χ0) is 6.41. The van der Waals surface area contributed by atoms with Crippen LogP contribution in [0, 0.1) is 0 Å². The van der Waals surface area contributed by atoms with Crippen molar-refractivity contribution in [1.82, 2.24) is 0 Å². The first-order valence-electron chi connectivity index (χ1n) is 2.76. The lowest BCUT2D eigenvalue weighted by molar-refractivity contribution is 0.328. The second-order valence-electron chi connectivity index (χ2n) is 1.80. The molecule has 0 bridgehead atoms. The highest BCUT2D eigenvalue weighted by atomic mass is 79.9. The lowest BCUT2D eigenvalue weighted by Gasteiger charge is -2.02. The minimum Gasteiger partial charge on any atom is -0.417 e. The average Bonchev–Trinajstić information content (AvgIpc) is 1.66. The van der Waals surface area contributed by atoms with Crippen molar-refractivity contribution in [2.75, 3.05) is 11.9 Å². The van der Waals surface area contributed by atoms with Crippen LogP contribution in [0.2, 0.25) is 13.1 Å². The molecule has 0 N–H and O–H groups in total. The van der Waals surface area contributed by atoms with Crippen LogP contribution < -0.4 is 0 Å². The van der Waals surface area contributed by atoms with Crippen LogP contribution in [0.3, 0.4) is 0 Å². The van der Waals surface area contributed by atoms with Crippen LogP contribution in [0.25, 0.3) is 0 Å². The van der Waals surface area contributed by atoms with Gasteiger partial charge < -0.3 is 4.43 Å². The van der Waals surface area contributed by atoms with Gasteiger partial charge >= 0.3 is 0 Å². The predicted octanol–water partition coefficient (Wildman–Crippen LogP) is 2.04. The van der Waals surface area contributed by atoms with Crippen molar-refractivity contribution in [3.05, 3.63) is 0 Å². The van der Waals surface area contributed by atoms with Crippen LogP contribution in [0.5, 0.6) is 0 Å². The molecule has 0 aliphatic rings. The molecule has 0 aliphatic carbocycles. The Kier molecular flexibility index (Phi) is 6.26. The second kappa shape index (κ2) is 5.79. The Balaban J connectivity index is 2.72. The molecule has 3 heteroatoms. The summed E-state index contributed by atoms with van der Waals surface area (Å²) in [6.45, 7) is 5.23. The van der Waals surface area contributed by atoms with E-state index in [2.05, 4.69) is 29.0 Å². The number of hydrogen-bond donors (Lipinski definition) is 0. The zero-order valence-electron chi connectivity index (χ0n) is 5.41. The number of halogens is 1. The summed E-state index contributed by atoms with van der Waals surface area (Å²) in [5.41, 5.74) is 0. The molecule has 0 fully saturated rings. The van der Waals surface area contributed by atoms with Crippen LogP contribution >= 0.6 is 15.9 Å². The number of hydrogen-bond acceptors (Lipinski definition) is 1. The lowest BCUT2D eigenvalue weighted by atomic mass is 10.5.